The number of nitrogens with two attached hydrogens (primary N) is 1. The molecule has 4 N–H and O–H groups in total. The van der Waals surface area contributed by atoms with Crippen molar-refractivity contribution >= 4 is 5.84 Å². The SMILES string of the molecule is CCCCOCCNCCC(N)=NO. The minimum absolute atomic E-state index is 0.254. The van der Waals surface area contributed by atoms with Crippen LogP contribution in [0.25, 0.3) is 0 Å². The summed E-state index contributed by atoms with van der Waals surface area (Å²) in [4.78, 5) is 0. The molecule has 0 saturated heterocycles. The summed E-state index contributed by atoms with van der Waals surface area (Å²) in [5.74, 6) is 0.254. The molecule has 0 aromatic rings. The van der Waals surface area contributed by atoms with E-state index in [1.165, 1.54) is 0 Å². The van der Waals surface area contributed by atoms with Gasteiger partial charge >= 0.3 is 0 Å². The Bertz CT molecular complexity index is 151. The molecular weight excluding hydrogens is 182 g/mol. The summed E-state index contributed by atoms with van der Waals surface area (Å²) in [6, 6.07) is 0. The summed E-state index contributed by atoms with van der Waals surface area (Å²) in [6.45, 7) is 5.21. The highest BCUT2D eigenvalue weighted by atomic mass is 16.5. The van der Waals surface area contributed by atoms with Gasteiger partial charge in [-0.25, -0.2) is 0 Å². The summed E-state index contributed by atoms with van der Waals surface area (Å²) >= 11 is 0. The Kier molecular flexibility index (Phi) is 9.68. The first kappa shape index (κ1) is 13.2. The molecule has 5 nitrogen and oxygen atoms in total. The minimum atomic E-state index is 0.254. The van der Waals surface area contributed by atoms with Gasteiger partial charge in [-0.1, -0.05) is 18.5 Å². The maximum Gasteiger partial charge on any atom is 0.140 e. The molecule has 0 aromatic carbocycles. The average Bonchev–Trinajstić information content (AvgIpc) is 2.21. The fraction of sp³-hybridized carbons (Fsp3) is 0.889. The zero-order valence-electron chi connectivity index (χ0n) is 8.83. The molecule has 0 atom stereocenters. The fourth-order valence-electron chi connectivity index (χ4n) is 0.884. The van der Waals surface area contributed by atoms with Gasteiger partial charge in [-0.05, 0) is 6.42 Å². The summed E-state index contributed by atoms with van der Waals surface area (Å²) in [5.41, 5.74) is 5.28. The van der Waals surface area contributed by atoms with Crippen molar-refractivity contribution in [3.05, 3.63) is 0 Å². The van der Waals surface area contributed by atoms with Gasteiger partial charge in [0.1, 0.15) is 5.84 Å². The van der Waals surface area contributed by atoms with Crippen LogP contribution in [0.15, 0.2) is 5.16 Å². The number of nitrogens with zero attached hydrogens (tertiary/aromatic N) is 1. The van der Waals surface area contributed by atoms with Gasteiger partial charge in [-0.15, -0.1) is 0 Å². The molecule has 0 radical (unpaired) electrons. The Morgan fingerprint density at radius 1 is 1.43 bits per heavy atom. The molecular formula is C9H21N3O2. The molecule has 0 unspecified atom stereocenters. The second kappa shape index (κ2) is 10.3. The zero-order valence-corrected chi connectivity index (χ0v) is 8.83. The second-order valence-electron chi connectivity index (χ2n) is 3.06. The molecule has 0 saturated carbocycles. The number of hydrogen-bond donors (Lipinski definition) is 3. The van der Waals surface area contributed by atoms with Crippen molar-refractivity contribution in [2.45, 2.75) is 26.2 Å². The van der Waals surface area contributed by atoms with E-state index in [2.05, 4.69) is 17.4 Å². The zero-order chi connectivity index (χ0) is 10.6. The lowest BCUT2D eigenvalue weighted by Gasteiger charge is -2.04. The van der Waals surface area contributed by atoms with Crippen molar-refractivity contribution < 1.29 is 9.94 Å². The number of oxime groups is 1. The van der Waals surface area contributed by atoms with Crippen molar-refractivity contribution in [1.29, 1.82) is 0 Å². The molecule has 84 valence electrons. The van der Waals surface area contributed by atoms with Crippen LogP contribution in [0, 0.1) is 0 Å². The first-order valence-corrected chi connectivity index (χ1v) is 5.06. The van der Waals surface area contributed by atoms with E-state index in [4.69, 9.17) is 15.7 Å². The Hall–Kier alpha value is -0.810. The van der Waals surface area contributed by atoms with E-state index in [-0.39, 0.29) is 5.84 Å². The Morgan fingerprint density at radius 3 is 2.86 bits per heavy atom. The highest BCUT2D eigenvalue weighted by molar-refractivity contribution is 5.79. The number of ether oxygens (including phenoxy) is 1. The van der Waals surface area contributed by atoms with Gasteiger partial charge in [0, 0.05) is 26.1 Å². The molecule has 0 amide bonds. The molecule has 0 aliphatic carbocycles. The van der Waals surface area contributed by atoms with Crippen molar-refractivity contribution in [2.24, 2.45) is 10.9 Å². The van der Waals surface area contributed by atoms with Crippen LogP contribution >= 0.6 is 0 Å². The molecule has 0 bridgehead atoms. The van der Waals surface area contributed by atoms with Crippen LogP contribution in [0.1, 0.15) is 26.2 Å². The highest BCUT2D eigenvalue weighted by Gasteiger charge is 1.92. The second-order valence-corrected chi connectivity index (χ2v) is 3.06. The molecule has 0 spiro atoms. The highest BCUT2D eigenvalue weighted by Crippen LogP contribution is 1.86. The Labute approximate surface area is 85.3 Å². The van der Waals surface area contributed by atoms with Crippen LogP contribution in [0.3, 0.4) is 0 Å². The Morgan fingerprint density at radius 2 is 2.21 bits per heavy atom. The first-order valence-electron chi connectivity index (χ1n) is 5.06. The number of nitrogens with one attached hydrogen (secondary N) is 1. The van der Waals surface area contributed by atoms with Crippen LogP contribution in [-0.2, 0) is 4.74 Å². The predicted molar refractivity (Wildman–Crippen MR) is 56.6 cm³/mol. The Balaban J connectivity index is 2.99. The quantitative estimate of drug-likeness (QED) is 0.168. The summed E-state index contributed by atoms with van der Waals surface area (Å²) in [5, 5.41) is 14.2. The van der Waals surface area contributed by atoms with Gasteiger partial charge in [0.15, 0.2) is 0 Å². The fourth-order valence-corrected chi connectivity index (χ4v) is 0.884. The molecule has 14 heavy (non-hydrogen) atoms. The van der Waals surface area contributed by atoms with Gasteiger partial charge in [0.25, 0.3) is 0 Å². The van der Waals surface area contributed by atoms with Crippen molar-refractivity contribution in [2.75, 3.05) is 26.3 Å². The molecule has 0 aromatic heterocycles. The maximum atomic E-state index is 8.25. The summed E-state index contributed by atoms with van der Waals surface area (Å²) in [7, 11) is 0. The largest absolute Gasteiger partial charge is 0.409 e. The van der Waals surface area contributed by atoms with Crippen LogP contribution in [0.2, 0.25) is 0 Å². The van der Waals surface area contributed by atoms with Crippen molar-refractivity contribution in [3.8, 4) is 0 Å². The lowest BCUT2D eigenvalue weighted by atomic mass is 10.4. The van der Waals surface area contributed by atoms with E-state index in [0.29, 0.717) is 13.0 Å². The summed E-state index contributed by atoms with van der Waals surface area (Å²) in [6.07, 6.45) is 2.84. The van der Waals surface area contributed by atoms with E-state index < -0.39 is 0 Å². The van der Waals surface area contributed by atoms with Gasteiger partial charge in [0.2, 0.25) is 0 Å². The number of hydrogen-bond acceptors (Lipinski definition) is 4. The molecule has 5 heteroatoms. The third-order valence-corrected chi connectivity index (χ3v) is 1.75. The van der Waals surface area contributed by atoms with Gasteiger partial charge in [-0.2, -0.15) is 0 Å². The third kappa shape index (κ3) is 9.28. The van der Waals surface area contributed by atoms with E-state index in [1.807, 2.05) is 0 Å². The van der Waals surface area contributed by atoms with Gasteiger partial charge in [0.05, 0.1) is 6.61 Å². The van der Waals surface area contributed by atoms with Crippen LogP contribution in [-0.4, -0.2) is 37.3 Å². The van der Waals surface area contributed by atoms with Crippen molar-refractivity contribution in [3.63, 3.8) is 0 Å². The van der Waals surface area contributed by atoms with E-state index in [0.717, 1.165) is 32.6 Å². The maximum absolute atomic E-state index is 8.25. The number of amidine groups is 1. The minimum Gasteiger partial charge on any atom is -0.409 e. The molecule has 0 fully saturated rings. The molecule has 0 heterocycles. The van der Waals surface area contributed by atoms with Gasteiger partial charge < -0.3 is 21.0 Å². The predicted octanol–water partition coefficient (Wildman–Crippen LogP) is 0.529. The third-order valence-electron chi connectivity index (χ3n) is 1.75. The summed E-state index contributed by atoms with van der Waals surface area (Å²) < 4.78 is 5.33. The topological polar surface area (TPSA) is 79.9 Å². The van der Waals surface area contributed by atoms with E-state index in [9.17, 15) is 0 Å². The smallest absolute Gasteiger partial charge is 0.140 e. The molecule has 0 aliphatic rings. The standard InChI is InChI=1S/C9H21N3O2/c1-2-3-7-14-8-6-11-5-4-9(10)12-13/h11,13H,2-8H2,1H3,(H2,10,12). The molecule has 0 rings (SSSR count). The van der Waals surface area contributed by atoms with E-state index >= 15 is 0 Å². The first-order chi connectivity index (χ1) is 6.81. The lowest BCUT2D eigenvalue weighted by molar-refractivity contribution is 0.133. The monoisotopic (exact) mass is 203 g/mol. The number of unbranched alkanes of at least 4 members (excludes halogenated alkanes) is 1. The van der Waals surface area contributed by atoms with Crippen LogP contribution in [0.4, 0.5) is 0 Å². The average molecular weight is 203 g/mol. The molecule has 0 aliphatic heterocycles. The van der Waals surface area contributed by atoms with E-state index in [1.54, 1.807) is 0 Å². The van der Waals surface area contributed by atoms with Gasteiger partial charge in [-0.3, -0.25) is 0 Å². The van der Waals surface area contributed by atoms with Crippen LogP contribution < -0.4 is 11.1 Å². The van der Waals surface area contributed by atoms with Crippen LogP contribution in [0.5, 0.6) is 0 Å². The number of rotatable bonds is 9. The lowest BCUT2D eigenvalue weighted by Crippen LogP contribution is -2.25. The van der Waals surface area contributed by atoms with Crippen molar-refractivity contribution in [1.82, 2.24) is 5.32 Å². The normalized spacial score (nSPS) is 11.9.